The van der Waals surface area contributed by atoms with Gasteiger partial charge in [-0.3, -0.25) is 4.79 Å². The average molecular weight is 330 g/mol. The fraction of sp³-hybridized carbons (Fsp3) is 0.111. The molecule has 0 fully saturated rings. The van der Waals surface area contributed by atoms with E-state index in [0.29, 0.717) is 23.4 Å². The van der Waals surface area contributed by atoms with Crippen LogP contribution in [0, 0.1) is 5.82 Å². The monoisotopic (exact) mass is 329 g/mol. The summed E-state index contributed by atoms with van der Waals surface area (Å²) in [6.45, 7) is 2.28. The predicted molar refractivity (Wildman–Crippen MR) is 88.5 cm³/mol. The Morgan fingerprint density at radius 3 is 2.61 bits per heavy atom. The quantitative estimate of drug-likeness (QED) is 0.644. The van der Waals surface area contributed by atoms with E-state index in [9.17, 15) is 9.18 Å². The summed E-state index contributed by atoms with van der Waals surface area (Å²) in [5, 5.41) is -0.347. The lowest BCUT2D eigenvalue weighted by molar-refractivity contribution is 0.107. The zero-order chi connectivity index (χ0) is 16.4. The van der Waals surface area contributed by atoms with Crippen molar-refractivity contribution in [3.8, 4) is 17.0 Å². The second-order valence-corrected chi connectivity index (χ2v) is 5.24. The standard InChI is InChI=1S/C18H13ClFNO2/c1-2-23-15-10-14(11-6-4-3-5-7-11)21-17-12(15)8-9-13(16(17)20)18(19)22/h3-10H,2H2,1H3. The summed E-state index contributed by atoms with van der Waals surface area (Å²) in [7, 11) is 0. The second-order valence-electron chi connectivity index (χ2n) is 4.90. The van der Waals surface area contributed by atoms with Gasteiger partial charge < -0.3 is 4.74 Å². The van der Waals surface area contributed by atoms with Crippen LogP contribution < -0.4 is 4.74 Å². The number of ether oxygens (including phenoxy) is 1. The topological polar surface area (TPSA) is 39.2 Å². The highest BCUT2D eigenvalue weighted by molar-refractivity contribution is 6.67. The molecule has 0 amide bonds. The van der Waals surface area contributed by atoms with Crippen LogP contribution in [0.4, 0.5) is 4.39 Å². The van der Waals surface area contributed by atoms with Gasteiger partial charge in [0.2, 0.25) is 0 Å². The molecule has 3 aromatic rings. The molecule has 0 aliphatic carbocycles. The van der Waals surface area contributed by atoms with Crippen LogP contribution in [0.3, 0.4) is 0 Å². The highest BCUT2D eigenvalue weighted by atomic mass is 35.5. The summed E-state index contributed by atoms with van der Waals surface area (Å²) in [4.78, 5) is 15.7. The molecule has 0 aliphatic heterocycles. The van der Waals surface area contributed by atoms with Gasteiger partial charge in [0.05, 0.1) is 17.9 Å². The lowest BCUT2D eigenvalue weighted by Gasteiger charge is -2.12. The van der Waals surface area contributed by atoms with Crippen molar-refractivity contribution in [3.05, 3.63) is 59.9 Å². The van der Waals surface area contributed by atoms with Gasteiger partial charge in [-0.05, 0) is 30.7 Å². The van der Waals surface area contributed by atoms with Crippen LogP contribution in [-0.4, -0.2) is 16.8 Å². The molecule has 0 saturated carbocycles. The Hall–Kier alpha value is -2.46. The van der Waals surface area contributed by atoms with Crippen LogP contribution in [0.5, 0.6) is 5.75 Å². The van der Waals surface area contributed by atoms with Crippen LogP contribution in [-0.2, 0) is 0 Å². The minimum absolute atomic E-state index is 0.0707. The molecule has 0 atom stereocenters. The molecule has 2 aromatic carbocycles. The third kappa shape index (κ3) is 2.90. The van der Waals surface area contributed by atoms with Crippen LogP contribution in [0.25, 0.3) is 22.2 Å². The molecular weight excluding hydrogens is 317 g/mol. The van der Waals surface area contributed by atoms with E-state index < -0.39 is 11.1 Å². The molecule has 0 N–H and O–H groups in total. The number of nitrogens with zero attached hydrogens (tertiary/aromatic N) is 1. The largest absolute Gasteiger partial charge is 0.493 e. The lowest BCUT2D eigenvalue weighted by Crippen LogP contribution is -2.00. The summed E-state index contributed by atoms with van der Waals surface area (Å²) < 4.78 is 20.2. The third-order valence-electron chi connectivity index (χ3n) is 3.46. The van der Waals surface area contributed by atoms with Crippen LogP contribution >= 0.6 is 11.6 Å². The van der Waals surface area contributed by atoms with Gasteiger partial charge in [0.1, 0.15) is 11.3 Å². The SMILES string of the molecule is CCOc1cc(-c2ccccc2)nc2c(F)c(C(=O)Cl)ccc12. The number of benzene rings is 2. The van der Waals surface area contributed by atoms with Crippen molar-refractivity contribution in [2.75, 3.05) is 6.61 Å². The predicted octanol–water partition coefficient (Wildman–Crippen LogP) is 4.82. The van der Waals surface area contributed by atoms with E-state index in [2.05, 4.69) is 4.98 Å². The van der Waals surface area contributed by atoms with Crippen molar-refractivity contribution < 1.29 is 13.9 Å². The van der Waals surface area contributed by atoms with Gasteiger partial charge in [-0.2, -0.15) is 0 Å². The minimum atomic E-state index is -0.853. The molecule has 0 bridgehead atoms. The molecular formula is C18H13ClFNO2. The highest BCUT2D eigenvalue weighted by Crippen LogP contribution is 2.32. The first-order chi connectivity index (χ1) is 11.1. The highest BCUT2D eigenvalue weighted by Gasteiger charge is 2.17. The van der Waals surface area contributed by atoms with Gasteiger partial charge >= 0.3 is 0 Å². The number of fused-ring (bicyclic) bond motifs is 1. The average Bonchev–Trinajstić information content (AvgIpc) is 2.56. The van der Waals surface area contributed by atoms with Crippen molar-refractivity contribution >= 4 is 27.7 Å². The number of aromatic nitrogens is 1. The van der Waals surface area contributed by atoms with E-state index in [0.717, 1.165) is 5.56 Å². The van der Waals surface area contributed by atoms with E-state index in [1.807, 2.05) is 37.3 Å². The third-order valence-corrected chi connectivity index (χ3v) is 3.67. The summed E-state index contributed by atoms with van der Waals surface area (Å²) in [6.07, 6.45) is 0. The first kappa shape index (κ1) is 15.4. The number of hydrogen-bond acceptors (Lipinski definition) is 3. The van der Waals surface area contributed by atoms with E-state index in [1.165, 1.54) is 6.07 Å². The maximum Gasteiger partial charge on any atom is 0.255 e. The molecule has 0 radical (unpaired) electrons. The molecule has 0 aliphatic rings. The van der Waals surface area contributed by atoms with Crippen LogP contribution in [0.15, 0.2) is 48.5 Å². The molecule has 0 unspecified atom stereocenters. The molecule has 23 heavy (non-hydrogen) atoms. The molecule has 3 nitrogen and oxygen atoms in total. The van der Waals surface area contributed by atoms with Crippen LogP contribution in [0.2, 0.25) is 0 Å². The maximum absolute atomic E-state index is 14.6. The number of halogens is 2. The first-order valence-electron chi connectivity index (χ1n) is 7.13. The van der Waals surface area contributed by atoms with Crippen molar-refractivity contribution in [2.24, 2.45) is 0 Å². The van der Waals surface area contributed by atoms with E-state index in [-0.39, 0.29) is 11.1 Å². The number of rotatable bonds is 4. The van der Waals surface area contributed by atoms with Gasteiger partial charge in [-0.1, -0.05) is 30.3 Å². The fourth-order valence-electron chi connectivity index (χ4n) is 2.41. The smallest absolute Gasteiger partial charge is 0.255 e. The minimum Gasteiger partial charge on any atom is -0.493 e. The summed E-state index contributed by atoms with van der Waals surface area (Å²) in [5.74, 6) is -0.218. The molecule has 1 heterocycles. The van der Waals surface area contributed by atoms with Crippen molar-refractivity contribution in [2.45, 2.75) is 6.92 Å². The molecule has 5 heteroatoms. The maximum atomic E-state index is 14.6. The summed E-state index contributed by atoms with van der Waals surface area (Å²) >= 11 is 5.43. The zero-order valence-electron chi connectivity index (χ0n) is 12.3. The first-order valence-corrected chi connectivity index (χ1v) is 7.51. The van der Waals surface area contributed by atoms with Gasteiger partial charge in [0.15, 0.2) is 5.82 Å². The number of carbonyl (C=O) groups is 1. The van der Waals surface area contributed by atoms with E-state index in [1.54, 1.807) is 12.1 Å². The Labute approximate surface area is 137 Å². The molecule has 0 saturated heterocycles. The van der Waals surface area contributed by atoms with Crippen molar-refractivity contribution in [1.29, 1.82) is 0 Å². The van der Waals surface area contributed by atoms with Crippen molar-refractivity contribution in [3.63, 3.8) is 0 Å². The van der Waals surface area contributed by atoms with Gasteiger partial charge in [0.25, 0.3) is 5.24 Å². The second kappa shape index (κ2) is 6.34. The molecule has 116 valence electrons. The normalized spacial score (nSPS) is 10.7. The van der Waals surface area contributed by atoms with Gasteiger partial charge in [0, 0.05) is 17.0 Å². The molecule has 1 aromatic heterocycles. The zero-order valence-corrected chi connectivity index (χ0v) is 13.1. The fourth-order valence-corrected chi connectivity index (χ4v) is 2.56. The Bertz CT molecular complexity index is 881. The molecule has 3 rings (SSSR count). The van der Waals surface area contributed by atoms with Gasteiger partial charge in [-0.25, -0.2) is 9.37 Å². The van der Waals surface area contributed by atoms with Gasteiger partial charge in [-0.15, -0.1) is 0 Å². The van der Waals surface area contributed by atoms with Crippen LogP contribution in [0.1, 0.15) is 17.3 Å². The number of carbonyl (C=O) groups excluding carboxylic acids is 1. The number of hydrogen-bond donors (Lipinski definition) is 0. The Morgan fingerprint density at radius 1 is 1.22 bits per heavy atom. The lowest BCUT2D eigenvalue weighted by atomic mass is 10.1. The van der Waals surface area contributed by atoms with E-state index in [4.69, 9.17) is 16.3 Å². The Balaban J connectivity index is 2.31. The number of pyridine rings is 1. The Kier molecular flexibility index (Phi) is 4.26. The van der Waals surface area contributed by atoms with E-state index >= 15 is 0 Å². The molecule has 0 spiro atoms. The summed E-state index contributed by atoms with van der Waals surface area (Å²) in [6, 6.07) is 14.1. The van der Waals surface area contributed by atoms with Crippen molar-refractivity contribution in [1.82, 2.24) is 4.98 Å². The Morgan fingerprint density at radius 2 is 1.96 bits per heavy atom. The summed E-state index contributed by atoms with van der Waals surface area (Å²) in [5.41, 5.74) is 1.28.